The number of ketones is 2. The maximum Gasteiger partial charge on any atom is 0.220 e. The first-order valence-electron chi connectivity index (χ1n) is 7.30. The van der Waals surface area contributed by atoms with Crippen LogP contribution in [-0.4, -0.2) is 36.5 Å². The minimum absolute atomic E-state index is 0.00415. The van der Waals surface area contributed by atoms with E-state index in [1.165, 1.54) is 0 Å². The van der Waals surface area contributed by atoms with E-state index in [4.69, 9.17) is 0 Å². The lowest BCUT2D eigenvalue weighted by Gasteiger charge is -2.07. The second-order valence-corrected chi connectivity index (χ2v) is 5.81. The van der Waals surface area contributed by atoms with E-state index in [1.807, 2.05) is 13.8 Å². The molecule has 0 spiro atoms. The Hall–Kier alpha value is -1.72. The summed E-state index contributed by atoms with van der Waals surface area (Å²) in [5.74, 6) is -0.614. The van der Waals surface area contributed by atoms with Crippen LogP contribution in [0.5, 0.6) is 0 Å². The van der Waals surface area contributed by atoms with Crippen molar-refractivity contribution in [3.8, 4) is 0 Å². The molecule has 0 heterocycles. The highest BCUT2D eigenvalue weighted by molar-refractivity contribution is 5.90. The summed E-state index contributed by atoms with van der Waals surface area (Å²) < 4.78 is 0. The Kier molecular flexibility index (Phi) is 9.25. The number of hydrogen-bond acceptors (Lipinski definition) is 4. The number of rotatable bonds is 10. The molecule has 0 aliphatic rings. The largest absolute Gasteiger partial charge is 0.349 e. The summed E-state index contributed by atoms with van der Waals surface area (Å²) in [6.45, 7) is 7.31. The Morgan fingerprint density at radius 1 is 0.810 bits per heavy atom. The Labute approximate surface area is 126 Å². The van der Waals surface area contributed by atoms with Gasteiger partial charge in [0.15, 0.2) is 11.6 Å². The van der Waals surface area contributed by atoms with Gasteiger partial charge in [0.25, 0.3) is 0 Å². The van der Waals surface area contributed by atoms with Crippen LogP contribution in [0.25, 0.3) is 0 Å². The van der Waals surface area contributed by atoms with Crippen molar-refractivity contribution in [1.82, 2.24) is 10.6 Å². The number of hydrogen-bond donors (Lipinski definition) is 2. The van der Waals surface area contributed by atoms with E-state index in [-0.39, 0.29) is 61.1 Å². The molecule has 0 unspecified atom stereocenters. The van der Waals surface area contributed by atoms with Crippen LogP contribution in [0.15, 0.2) is 0 Å². The highest BCUT2D eigenvalue weighted by atomic mass is 16.2. The van der Waals surface area contributed by atoms with Crippen LogP contribution in [0, 0.1) is 11.8 Å². The lowest BCUT2D eigenvalue weighted by atomic mass is 10.1. The molecule has 6 nitrogen and oxygen atoms in total. The van der Waals surface area contributed by atoms with Crippen LogP contribution in [0.4, 0.5) is 0 Å². The van der Waals surface area contributed by atoms with Gasteiger partial charge >= 0.3 is 0 Å². The summed E-state index contributed by atoms with van der Waals surface area (Å²) in [6, 6.07) is 0. The zero-order chi connectivity index (χ0) is 16.4. The summed E-state index contributed by atoms with van der Waals surface area (Å²) in [5, 5.41) is 5.01. The molecule has 2 N–H and O–H groups in total. The molecule has 0 aromatic carbocycles. The quantitative estimate of drug-likeness (QED) is 0.625. The minimum Gasteiger partial charge on any atom is -0.349 e. The molecule has 0 aromatic rings. The molecule has 0 aliphatic carbocycles. The molecule has 120 valence electrons. The first kappa shape index (κ1) is 19.3. The number of amides is 2. The van der Waals surface area contributed by atoms with Crippen LogP contribution < -0.4 is 10.6 Å². The predicted octanol–water partition coefficient (Wildman–Crippen LogP) is 0.839. The van der Waals surface area contributed by atoms with E-state index in [9.17, 15) is 19.2 Å². The van der Waals surface area contributed by atoms with Crippen molar-refractivity contribution in [2.75, 3.05) is 13.1 Å². The van der Waals surface area contributed by atoms with Gasteiger partial charge in [-0.3, -0.25) is 19.2 Å². The number of carbonyl (C=O) groups is 4. The third kappa shape index (κ3) is 10.7. The standard InChI is InChI=1S/C15H26N2O4/c1-10(2)7-15(21)16-8-12(18)5-6-14(20)17-9-13(19)11(3)4/h10-11H,5-9H2,1-4H3,(H,16,21)(H,17,20). The third-order valence-electron chi connectivity index (χ3n) is 2.81. The molecule has 0 bridgehead atoms. The van der Waals surface area contributed by atoms with E-state index in [0.29, 0.717) is 6.42 Å². The number of Topliss-reactive ketones (excluding diaryl/α,β-unsaturated/α-hetero) is 2. The fraction of sp³-hybridized carbons (Fsp3) is 0.733. The molecule has 0 saturated heterocycles. The smallest absolute Gasteiger partial charge is 0.220 e. The Morgan fingerprint density at radius 2 is 1.38 bits per heavy atom. The predicted molar refractivity (Wildman–Crippen MR) is 79.6 cm³/mol. The van der Waals surface area contributed by atoms with Gasteiger partial charge in [0.1, 0.15) is 0 Å². The summed E-state index contributed by atoms with van der Waals surface area (Å²) in [5.41, 5.74) is 0. The molecular weight excluding hydrogens is 272 g/mol. The van der Waals surface area contributed by atoms with E-state index < -0.39 is 0 Å². The second kappa shape index (κ2) is 10.1. The van der Waals surface area contributed by atoms with Gasteiger partial charge in [-0.25, -0.2) is 0 Å². The van der Waals surface area contributed by atoms with Gasteiger partial charge in [-0.1, -0.05) is 27.7 Å². The van der Waals surface area contributed by atoms with Crippen molar-refractivity contribution in [2.45, 2.75) is 47.0 Å². The molecule has 0 aliphatic heterocycles. The van der Waals surface area contributed by atoms with E-state index in [2.05, 4.69) is 10.6 Å². The second-order valence-electron chi connectivity index (χ2n) is 5.81. The molecule has 6 heteroatoms. The van der Waals surface area contributed by atoms with Gasteiger partial charge in [0.05, 0.1) is 13.1 Å². The van der Waals surface area contributed by atoms with Crippen LogP contribution in [0.1, 0.15) is 47.0 Å². The summed E-state index contributed by atoms with van der Waals surface area (Å²) in [6.07, 6.45) is 0.471. The minimum atomic E-state index is -0.328. The van der Waals surface area contributed by atoms with Gasteiger partial charge in [-0.15, -0.1) is 0 Å². The molecule has 2 amide bonds. The molecule has 0 rings (SSSR count). The van der Waals surface area contributed by atoms with Gasteiger partial charge in [0, 0.05) is 25.2 Å². The van der Waals surface area contributed by atoms with E-state index in [0.717, 1.165) is 0 Å². The molecule has 0 fully saturated rings. The molecule has 0 saturated carbocycles. The van der Waals surface area contributed by atoms with Gasteiger partial charge in [-0.2, -0.15) is 0 Å². The highest BCUT2D eigenvalue weighted by Gasteiger charge is 2.12. The maximum absolute atomic E-state index is 11.5. The van der Waals surface area contributed by atoms with Crippen LogP contribution >= 0.6 is 0 Å². The summed E-state index contributed by atoms with van der Waals surface area (Å²) in [7, 11) is 0. The number of carbonyl (C=O) groups excluding carboxylic acids is 4. The fourth-order valence-electron chi connectivity index (χ4n) is 1.46. The lowest BCUT2D eigenvalue weighted by Crippen LogP contribution is -2.33. The normalized spacial score (nSPS) is 10.6. The fourth-order valence-corrected chi connectivity index (χ4v) is 1.46. The zero-order valence-electron chi connectivity index (χ0n) is 13.3. The van der Waals surface area contributed by atoms with Gasteiger partial charge in [-0.05, 0) is 5.92 Å². The molecular formula is C15H26N2O4. The molecule has 0 aromatic heterocycles. The third-order valence-corrected chi connectivity index (χ3v) is 2.81. The summed E-state index contributed by atoms with van der Waals surface area (Å²) in [4.78, 5) is 45.7. The van der Waals surface area contributed by atoms with Crippen molar-refractivity contribution < 1.29 is 19.2 Å². The van der Waals surface area contributed by atoms with Crippen molar-refractivity contribution in [1.29, 1.82) is 0 Å². The van der Waals surface area contributed by atoms with Crippen molar-refractivity contribution in [3.63, 3.8) is 0 Å². The summed E-state index contributed by atoms with van der Waals surface area (Å²) >= 11 is 0. The topological polar surface area (TPSA) is 92.3 Å². The van der Waals surface area contributed by atoms with Crippen molar-refractivity contribution >= 4 is 23.4 Å². The Morgan fingerprint density at radius 3 is 1.90 bits per heavy atom. The van der Waals surface area contributed by atoms with E-state index >= 15 is 0 Å². The first-order valence-corrected chi connectivity index (χ1v) is 7.30. The first-order chi connectivity index (χ1) is 9.72. The molecule has 0 atom stereocenters. The van der Waals surface area contributed by atoms with Crippen LogP contribution in [-0.2, 0) is 19.2 Å². The lowest BCUT2D eigenvalue weighted by molar-refractivity contribution is -0.128. The van der Waals surface area contributed by atoms with Crippen LogP contribution in [0.3, 0.4) is 0 Å². The number of nitrogens with one attached hydrogen (secondary N) is 2. The molecule has 0 radical (unpaired) electrons. The molecule has 21 heavy (non-hydrogen) atoms. The monoisotopic (exact) mass is 298 g/mol. The maximum atomic E-state index is 11.5. The average Bonchev–Trinajstić information content (AvgIpc) is 2.39. The Bertz CT molecular complexity index is 389. The van der Waals surface area contributed by atoms with Crippen molar-refractivity contribution in [2.24, 2.45) is 11.8 Å². The SMILES string of the molecule is CC(C)CC(=O)NCC(=O)CCC(=O)NCC(=O)C(C)C. The van der Waals surface area contributed by atoms with Gasteiger partial charge < -0.3 is 10.6 Å². The van der Waals surface area contributed by atoms with E-state index in [1.54, 1.807) is 13.8 Å². The zero-order valence-corrected chi connectivity index (χ0v) is 13.3. The van der Waals surface area contributed by atoms with Crippen LogP contribution in [0.2, 0.25) is 0 Å². The average molecular weight is 298 g/mol. The Balaban J connectivity index is 3.80. The van der Waals surface area contributed by atoms with Gasteiger partial charge in [0.2, 0.25) is 11.8 Å². The highest BCUT2D eigenvalue weighted by Crippen LogP contribution is 1.98. The van der Waals surface area contributed by atoms with Crippen molar-refractivity contribution in [3.05, 3.63) is 0 Å².